The zero-order valence-corrected chi connectivity index (χ0v) is 20.4. The number of hydrogen-bond donors (Lipinski definition) is 1. The number of nitro groups is 1. The summed E-state index contributed by atoms with van der Waals surface area (Å²) in [6.07, 6.45) is 0. The van der Waals surface area contributed by atoms with Crippen molar-refractivity contribution in [2.24, 2.45) is 0 Å². The van der Waals surface area contributed by atoms with Crippen LogP contribution >= 0.6 is 0 Å². The molecule has 6 rings (SSSR count). The molecule has 39 heavy (non-hydrogen) atoms. The number of nitro benzene ring substituents is 1. The molecule has 1 aliphatic heterocycles. The molecule has 2 heterocycles. The van der Waals surface area contributed by atoms with Crippen molar-refractivity contribution < 1.29 is 18.9 Å². The predicted molar refractivity (Wildman–Crippen MR) is 146 cm³/mol. The van der Waals surface area contributed by atoms with E-state index in [1.165, 1.54) is 12.1 Å². The zero-order valence-electron chi connectivity index (χ0n) is 20.4. The van der Waals surface area contributed by atoms with Gasteiger partial charge >= 0.3 is 5.63 Å². The number of non-ortho nitro benzene ring substituents is 1. The molecule has 4 aromatic carbocycles. The molecule has 0 amide bonds. The molecule has 1 aromatic heterocycles. The lowest BCUT2D eigenvalue weighted by Gasteiger charge is -2.30. The first-order valence-electron chi connectivity index (χ1n) is 12.1. The summed E-state index contributed by atoms with van der Waals surface area (Å²) < 4.78 is 12.0. The molecule has 0 saturated heterocycles. The van der Waals surface area contributed by atoms with Crippen LogP contribution < -0.4 is 15.7 Å². The van der Waals surface area contributed by atoms with E-state index in [0.717, 1.165) is 0 Å². The predicted octanol–water partition coefficient (Wildman–Crippen LogP) is 6.43. The Labute approximate surface area is 221 Å². The quantitative estimate of drug-likeness (QED) is 0.120. The second-order valence-corrected chi connectivity index (χ2v) is 8.94. The van der Waals surface area contributed by atoms with E-state index in [1.807, 2.05) is 30.3 Å². The van der Waals surface area contributed by atoms with E-state index in [2.05, 4.69) is 5.32 Å². The van der Waals surface area contributed by atoms with Crippen molar-refractivity contribution in [1.29, 1.82) is 0 Å². The SMILES string of the molecule is O=C(C1=C(Nc2ccccc2)Oc2c(c(=O)oc3ccccc23)C1c1ccc([N+](=O)[O-])cc1)c1ccccc1. The first kappa shape index (κ1) is 23.9. The highest BCUT2D eigenvalue weighted by Gasteiger charge is 2.39. The number of rotatable bonds is 6. The van der Waals surface area contributed by atoms with Crippen LogP contribution in [0.4, 0.5) is 11.4 Å². The van der Waals surface area contributed by atoms with Crippen LogP contribution in [0.15, 0.2) is 130 Å². The first-order valence-corrected chi connectivity index (χ1v) is 12.1. The van der Waals surface area contributed by atoms with Gasteiger partial charge in [-0.05, 0) is 29.8 Å². The van der Waals surface area contributed by atoms with E-state index in [-0.39, 0.29) is 34.2 Å². The monoisotopic (exact) mass is 516 g/mol. The Bertz CT molecular complexity index is 1810. The van der Waals surface area contributed by atoms with Crippen LogP contribution in [-0.4, -0.2) is 10.7 Å². The Morgan fingerprint density at radius 2 is 1.46 bits per heavy atom. The Morgan fingerprint density at radius 1 is 0.821 bits per heavy atom. The number of nitrogens with zero attached hydrogens (tertiary/aromatic N) is 1. The van der Waals surface area contributed by atoms with Gasteiger partial charge in [0.15, 0.2) is 11.5 Å². The van der Waals surface area contributed by atoms with Gasteiger partial charge < -0.3 is 14.5 Å². The molecule has 1 N–H and O–H groups in total. The summed E-state index contributed by atoms with van der Waals surface area (Å²) >= 11 is 0. The van der Waals surface area contributed by atoms with Crippen LogP contribution in [0.25, 0.3) is 11.0 Å². The van der Waals surface area contributed by atoms with E-state index in [4.69, 9.17) is 9.15 Å². The highest BCUT2D eigenvalue weighted by atomic mass is 16.6. The van der Waals surface area contributed by atoms with Crippen molar-refractivity contribution in [3.63, 3.8) is 0 Å². The Hall–Kier alpha value is -5.50. The van der Waals surface area contributed by atoms with E-state index in [9.17, 15) is 19.7 Å². The van der Waals surface area contributed by atoms with Crippen molar-refractivity contribution in [3.05, 3.63) is 158 Å². The number of hydrogen-bond acceptors (Lipinski definition) is 7. The third-order valence-corrected chi connectivity index (χ3v) is 6.57. The maximum Gasteiger partial charge on any atom is 0.344 e. The molecule has 5 aromatic rings. The number of ketones is 1. The molecule has 8 nitrogen and oxygen atoms in total. The molecule has 0 saturated carbocycles. The van der Waals surface area contributed by atoms with Gasteiger partial charge in [0.2, 0.25) is 5.88 Å². The third-order valence-electron chi connectivity index (χ3n) is 6.57. The van der Waals surface area contributed by atoms with Crippen molar-refractivity contribution in [1.82, 2.24) is 0 Å². The standard InChI is InChI=1S/C31H20N2O6/c34-28(20-9-3-1-4-10-20)26-25(19-15-17-22(18-16-19)33(36)37)27-29(23-13-7-8-14-24(23)38-31(27)35)39-30(26)32-21-11-5-2-6-12-21/h1-18,25,32H. The smallest absolute Gasteiger partial charge is 0.344 e. The molecular weight excluding hydrogens is 496 g/mol. The van der Waals surface area contributed by atoms with E-state index >= 15 is 0 Å². The number of Topliss-reactive ketones (excluding diaryl/α,β-unsaturated/α-hetero) is 1. The Balaban J connectivity index is 1.66. The lowest BCUT2D eigenvalue weighted by Crippen LogP contribution is -2.30. The van der Waals surface area contributed by atoms with Gasteiger partial charge in [-0.2, -0.15) is 0 Å². The molecular formula is C31H20N2O6. The van der Waals surface area contributed by atoms with Gasteiger partial charge in [-0.15, -0.1) is 0 Å². The number of benzene rings is 4. The number of anilines is 1. The highest BCUT2D eigenvalue weighted by molar-refractivity contribution is 6.11. The van der Waals surface area contributed by atoms with E-state index in [1.54, 1.807) is 66.7 Å². The molecule has 190 valence electrons. The minimum Gasteiger partial charge on any atom is -0.439 e. The Kier molecular flexibility index (Phi) is 5.97. The normalized spacial score (nSPS) is 14.4. The van der Waals surface area contributed by atoms with Crippen LogP contribution in [0.5, 0.6) is 5.75 Å². The minimum atomic E-state index is -0.936. The summed E-state index contributed by atoms with van der Waals surface area (Å²) in [6.45, 7) is 0. The lowest BCUT2D eigenvalue weighted by molar-refractivity contribution is -0.384. The van der Waals surface area contributed by atoms with Crippen LogP contribution in [0, 0.1) is 10.1 Å². The fourth-order valence-corrected chi connectivity index (χ4v) is 4.77. The van der Waals surface area contributed by atoms with Crippen molar-refractivity contribution in [2.75, 3.05) is 5.32 Å². The third kappa shape index (κ3) is 4.34. The van der Waals surface area contributed by atoms with Crippen molar-refractivity contribution in [2.45, 2.75) is 5.92 Å². The Morgan fingerprint density at radius 3 is 2.15 bits per heavy atom. The summed E-state index contributed by atoms with van der Waals surface area (Å²) in [5.41, 5.74) is 1.44. The molecule has 0 fully saturated rings. The molecule has 0 radical (unpaired) electrons. The summed E-state index contributed by atoms with van der Waals surface area (Å²) in [6, 6.07) is 30.6. The lowest BCUT2D eigenvalue weighted by atomic mass is 9.80. The van der Waals surface area contributed by atoms with Gasteiger partial charge in [0, 0.05) is 23.4 Å². The molecule has 1 unspecified atom stereocenters. The number of carbonyl (C=O) groups excluding carboxylic acids is 1. The summed E-state index contributed by atoms with van der Waals surface area (Å²) in [7, 11) is 0. The number of carbonyl (C=O) groups is 1. The maximum atomic E-state index is 14.1. The van der Waals surface area contributed by atoms with Gasteiger partial charge in [-0.1, -0.05) is 72.8 Å². The molecule has 8 heteroatoms. The van der Waals surface area contributed by atoms with Crippen LogP contribution in [0.3, 0.4) is 0 Å². The van der Waals surface area contributed by atoms with Crippen molar-refractivity contribution >= 4 is 28.1 Å². The van der Waals surface area contributed by atoms with Gasteiger partial charge in [0.1, 0.15) is 5.58 Å². The first-order chi connectivity index (χ1) is 19.0. The number of allylic oxidation sites excluding steroid dienone is 1. The average Bonchev–Trinajstić information content (AvgIpc) is 2.97. The zero-order chi connectivity index (χ0) is 26.9. The van der Waals surface area contributed by atoms with Crippen LogP contribution in [0.1, 0.15) is 27.4 Å². The highest BCUT2D eigenvalue weighted by Crippen LogP contribution is 2.46. The largest absolute Gasteiger partial charge is 0.439 e. The summed E-state index contributed by atoms with van der Waals surface area (Å²) in [4.78, 5) is 38.5. The molecule has 0 spiro atoms. The fraction of sp³-hybridized carbons (Fsp3) is 0.0323. The summed E-state index contributed by atoms with van der Waals surface area (Å²) in [5.74, 6) is -0.889. The van der Waals surface area contributed by atoms with Gasteiger partial charge in [-0.25, -0.2) is 4.79 Å². The maximum absolute atomic E-state index is 14.1. The number of fused-ring (bicyclic) bond motifs is 3. The van der Waals surface area contributed by atoms with Gasteiger partial charge in [-0.3, -0.25) is 14.9 Å². The fourth-order valence-electron chi connectivity index (χ4n) is 4.77. The molecule has 0 bridgehead atoms. The number of nitrogens with one attached hydrogen (secondary N) is 1. The summed E-state index contributed by atoms with van der Waals surface area (Å²) in [5, 5.41) is 15.1. The molecule has 0 aliphatic carbocycles. The molecule has 1 atom stereocenters. The van der Waals surface area contributed by atoms with Crippen LogP contribution in [0.2, 0.25) is 0 Å². The second kappa shape index (κ2) is 9.75. The topological polar surface area (TPSA) is 112 Å². The van der Waals surface area contributed by atoms with E-state index < -0.39 is 16.5 Å². The second-order valence-electron chi connectivity index (χ2n) is 8.94. The number of para-hydroxylation sites is 2. The van der Waals surface area contributed by atoms with Crippen molar-refractivity contribution in [3.8, 4) is 5.75 Å². The van der Waals surface area contributed by atoms with Gasteiger partial charge in [0.05, 0.1) is 27.4 Å². The minimum absolute atomic E-state index is 0.112. The average molecular weight is 517 g/mol. The number of ether oxygens (including phenoxy) is 1. The van der Waals surface area contributed by atoms with Gasteiger partial charge in [0.25, 0.3) is 5.69 Å². The van der Waals surface area contributed by atoms with E-state index in [0.29, 0.717) is 27.8 Å². The van der Waals surface area contributed by atoms with Crippen LogP contribution in [-0.2, 0) is 0 Å². The molecule has 1 aliphatic rings.